The van der Waals surface area contributed by atoms with E-state index in [0.29, 0.717) is 5.76 Å². The molecule has 0 bridgehead atoms. The summed E-state index contributed by atoms with van der Waals surface area (Å²) in [7, 11) is 0. The molecule has 2 unspecified atom stereocenters. The van der Waals surface area contributed by atoms with Gasteiger partial charge in [-0.3, -0.25) is 4.79 Å². The fraction of sp³-hybridized carbons (Fsp3) is 0.375. The molecule has 3 N–H and O–H groups in total. The summed E-state index contributed by atoms with van der Waals surface area (Å²) in [6, 6.07) is 6.76. The number of aromatic nitrogens is 1. The van der Waals surface area contributed by atoms with Gasteiger partial charge in [0.2, 0.25) is 5.91 Å². The maximum absolute atomic E-state index is 12.3. The Morgan fingerprint density at radius 1 is 1.24 bits per heavy atom. The van der Waals surface area contributed by atoms with Gasteiger partial charge in [-0.2, -0.15) is 0 Å². The van der Waals surface area contributed by atoms with Crippen LogP contribution in [-0.2, 0) is 4.79 Å². The molecule has 112 valence electrons. The van der Waals surface area contributed by atoms with Crippen molar-refractivity contribution in [2.24, 2.45) is 5.73 Å². The van der Waals surface area contributed by atoms with Crippen molar-refractivity contribution in [3.05, 3.63) is 52.4 Å². The first-order valence-corrected chi connectivity index (χ1v) is 6.95. The maximum Gasteiger partial charge on any atom is 0.241 e. The highest BCUT2D eigenvalue weighted by Gasteiger charge is 2.22. The summed E-state index contributed by atoms with van der Waals surface area (Å²) in [6.07, 6.45) is 0. The van der Waals surface area contributed by atoms with Gasteiger partial charge in [0.1, 0.15) is 11.8 Å². The Kier molecular flexibility index (Phi) is 4.43. The molecule has 0 spiro atoms. The van der Waals surface area contributed by atoms with Crippen LogP contribution in [0.5, 0.6) is 0 Å². The lowest BCUT2D eigenvalue weighted by Crippen LogP contribution is -2.36. The van der Waals surface area contributed by atoms with Gasteiger partial charge in [0.05, 0.1) is 11.7 Å². The highest BCUT2D eigenvalue weighted by Crippen LogP contribution is 2.22. The van der Waals surface area contributed by atoms with Gasteiger partial charge in [0, 0.05) is 5.56 Å². The van der Waals surface area contributed by atoms with Crippen molar-refractivity contribution in [1.29, 1.82) is 0 Å². The van der Waals surface area contributed by atoms with E-state index in [1.807, 2.05) is 52.0 Å². The van der Waals surface area contributed by atoms with Crippen molar-refractivity contribution in [2.75, 3.05) is 0 Å². The average Bonchev–Trinajstić information content (AvgIpc) is 2.78. The molecule has 0 fully saturated rings. The SMILES string of the molecule is Cc1ccc(C(N)C(=O)NC(C)c2c(C)noc2C)cc1. The van der Waals surface area contributed by atoms with E-state index in [-0.39, 0.29) is 11.9 Å². The predicted octanol–water partition coefficient (Wildman–Crippen LogP) is 2.48. The molecule has 2 atom stereocenters. The second-order valence-corrected chi connectivity index (χ2v) is 5.36. The maximum atomic E-state index is 12.3. The van der Waals surface area contributed by atoms with Crippen molar-refractivity contribution >= 4 is 5.91 Å². The number of rotatable bonds is 4. The van der Waals surface area contributed by atoms with E-state index in [1.54, 1.807) is 0 Å². The summed E-state index contributed by atoms with van der Waals surface area (Å²) in [6.45, 7) is 7.58. The molecule has 5 heteroatoms. The minimum atomic E-state index is -0.687. The van der Waals surface area contributed by atoms with Crippen LogP contribution in [0.3, 0.4) is 0 Å². The summed E-state index contributed by atoms with van der Waals surface area (Å²) >= 11 is 0. The number of amides is 1. The largest absolute Gasteiger partial charge is 0.361 e. The number of hydrogen-bond donors (Lipinski definition) is 2. The predicted molar refractivity (Wildman–Crippen MR) is 80.6 cm³/mol. The average molecular weight is 287 g/mol. The number of aryl methyl sites for hydroxylation is 3. The van der Waals surface area contributed by atoms with Crippen LogP contribution in [0.15, 0.2) is 28.8 Å². The molecule has 0 saturated carbocycles. The van der Waals surface area contributed by atoms with E-state index >= 15 is 0 Å². The van der Waals surface area contributed by atoms with Crippen molar-refractivity contribution in [3.63, 3.8) is 0 Å². The Hall–Kier alpha value is -2.14. The summed E-state index contributed by atoms with van der Waals surface area (Å²) in [5.74, 6) is 0.496. The highest BCUT2D eigenvalue weighted by molar-refractivity contribution is 5.83. The van der Waals surface area contributed by atoms with Crippen molar-refractivity contribution < 1.29 is 9.32 Å². The number of nitrogens with zero attached hydrogens (tertiary/aromatic N) is 1. The number of nitrogens with two attached hydrogens (primary N) is 1. The van der Waals surface area contributed by atoms with Crippen LogP contribution in [0.1, 0.15) is 47.2 Å². The first-order chi connectivity index (χ1) is 9.90. The molecule has 2 rings (SSSR count). The molecular formula is C16H21N3O2. The van der Waals surface area contributed by atoms with E-state index in [0.717, 1.165) is 22.4 Å². The molecule has 2 aromatic rings. The van der Waals surface area contributed by atoms with Gasteiger partial charge in [-0.25, -0.2) is 0 Å². The molecule has 5 nitrogen and oxygen atoms in total. The van der Waals surface area contributed by atoms with Crippen LogP contribution < -0.4 is 11.1 Å². The minimum Gasteiger partial charge on any atom is -0.361 e. The summed E-state index contributed by atoms with van der Waals surface area (Å²) in [5.41, 5.74) is 9.63. The molecule has 1 amide bonds. The van der Waals surface area contributed by atoms with E-state index in [1.165, 1.54) is 0 Å². The van der Waals surface area contributed by atoms with Gasteiger partial charge in [-0.1, -0.05) is 35.0 Å². The molecule has 0 aliphatic carbocycles. The third kappa shape index (κ3) is 3.31. The first-order valence-electron chi connectivity index (χ1n) is 6.95. The number of carbonyl (C=O) groups excluding carboxylic acids is 1. The Morgan fingerprint density at radius 2 is 1.86 bits per heavy atom. The van der Waals surface area contributed by atoms with Gasteiger partial charge in [0.25, 0.3) is 0 Å². The zero-order valence-electron chi connectivity index (χ0n) is 12.8. The van der Waals surface area contributed by atoms with Crippen LogP contribution in [0.2, 0.25) is 0 Å². The number of nitrogens with one attached hydrogen (secondary N) is 1. The van der Waals surface area contributed by atoms with E-state index in [2.05, 4.69) is 10.5 Å². The summed E-state index contributed by atoms with van der Waals surface area (Å²) < 4.78 is 5.12. The lowest BCUT2D eigenvalue weighted by atomic mass is 10.0. The van der Waals surface area contributed by atoms with Crippen LogP contribution in [-0.4, -0.2) is 11.1 Å². The number of carbonyl (C=O) groups is 1. The fourth-order valence-corrected chi connectivity index (χ4v) is 2.41. The van der Waals surface area contributed by atoms with Gasteiger partial charge < -0.3 is 15.6 Å². The Labute approximate surface area is 124 Å². The smallest absolute Gasteiger partial charge is 0.241 e. The van der Waals surface area contributed by atoms with E-state index in [4.69, 9.17) is 10.3 Å². The van der Waals surface area contributed by atoms with Crippen molar-refractivity contribution in [3.8, 4) is 0 Å². The zero-order chi connectivity index (χ0) is 15.6. The van der Waals surface area contributed by atoms with Gasteiger partial charge in [0.15, 0.2) is 0 Å². The van der Waals surface area contributed by atoms with Gasteiger partial charge in [-0.15, -0.1) is 0 Å². The van der Waals surface area contributed by atoms with Crippen LogP contribution >= 0.6 is 0 Å². The molecular weight excluding hydrogens is 266 g/mol. The molecule has 1 heterocycles. The second-order valence-electron chi connectivity index (χ2n) is 5.36. The Balaban J connectivity index is 2.09. The fourth-order valence-electron chi connectivity index (χ4n) is 2.41. The lowest BCUT2D eigenvalue weighted by molar-refractivity contribution is -0.123. The zero-order valence-corrected chi connectivity index (χ0v) is 12.8. The topological polar surface area (TPSA) is 81.2 Å². The van der Waals surface area contributed by atoms with Crippen molar-refractivity contribution in [2.45, 2.75) is 39.8 Å². The molecule has 1 aromatic heterocycles. The van der Waals surface area contributed by atoms with Gasteiger partial charge >= 0.3 is 0 Å². The first kappa shape index (κ1) is 15.3. The molecule has 0 aliphatic heterocycles. The molecule has 21 heavy (non-hydrogen) atoms. The molecule has 0 saturated heterocycles. The van der Waals surface area contributed by atoms with Crippen molar-refractivity contribution in [1.82, 2.24) is 10.5 Å². The standard InChI is InChI=1S/C16H21N3O2/c1-9-5-7-13(8-6-9)15(17)16(20)18-10(2)14-11(3)19-21-12(14)4/h5-8,10,15H,17H2,1-4H3,(H,18,20). The van der Waals surface area contributed by atoms with Crippen LogP contribution in [0.25, 0.3) is 0 Å². The second kappa shape index (κ2) is 6.10. The normalized spacial score (nSPS) is 13.8. The quantitative estimate of drug-likeness (QED) is 0.905. The van der Waals surface area contributed by atoms with E-state index < -0.39 is 6.04 Å². The highest BCUT2D eigenvalue weighted by atomic mass is 16.5. The summed E-state index contributed by atoms with van der Waals surface area (Å²) in [4.78, 5) is 12.3. The number of benzene rings is 1. The molecule has 1 aromatic carbocycles. The van der Waals surface area contributed by atoms with Crippen LogP contribution in [0.4, 0.5) is 0 Å². The lowest BCUT2D eigenvalue weighted by Gasteiger charge is -2.18. The summed E-state index contributed by atoms with van der Waals surface area (Å²) in [5, 5.41) is 6.81. The number of hydrogen-bond acceptors (Lipinski definition) is 4. The van der Waals surface area contributed by atoms with Gasteiger partial charge in [-0.05, 0) is 33.3 Å². The van der Waals surface area contributed by atoms with E-state index in [9.17, 15) is 4.79 Å². The minimum absolute atomic E-state index is 0.194. The monoisotopic (exact) mass is 287 g/mol. The Morgan fingerprint density at radius 3 is 2.38 bits per heavy atom. The molecule has 0 aliphatic rings. The molecule has 0 radical (unpaired) electrons. The third-order valence-electron chi connectivity index (χ3n) is 3.60. The third-order valence-corrected chi connectivity index (χ3v) is 3.60. The van der Waals surface area contributed by atoms with Crippen LogP contribution in [0, 0.1) is 20.8 Å². The Bertz CT molecular complexity index is 612.